The highest BCUT2D eigenvalue weighted by Gasteiger charge is 2.18. The summed E-state index contributed by atoms with van der Waals surface area (Å²) in [5.41, 5.74) is 2.45. The summed E-state index contributed by atoms with van der Waals surface area (Å²) in [6, 6.07) is 12.3. The molecular formula is C20H24FNO2. The van der Waals surface area contributed by atoms with E-state index in [0.717, 1.165) is 36.2 Å². The molecule has 3 rings (SSSR count). The summed E-state index contributed by atoms with van der Waals surface area (Å²) in [5, 5.41) is 9.27. The van der Waals surface area contributed by atoms with Gasteiger partial charge in [0.15, 0.2) is 0 Å². The van der Waals surface area contributed by atoms with E-state index in [1.165, 1.54) is 18.6 Å². The zero-order valence-electron chi connectivity index (χ0n) is 14.0. The molecule has 1 saturated heterocycles. The van der Waals surface area contributed by atoms with Gasteiger partial charge in [-0.3, -0.25) is 0 Å². The normalized spacial score (nSPS) is 18.5. The Morgan fingerprint density at radius 2 is 2.08 bits per heavy atom. The van der Waals surface area contributed by atoms with E-state index in [9.17, 15) is 9.50 Å². The lowest BCUT2D eigenvalue weighted by Crippen LogP contribution is -2.34. The Kier molecular flexibility index (Phi) is 5.48. The lowest BCUT2D eigenvalue weighted by Gasteiger charge is -2.29. The molecule has 1 N–H and O–H groups in total. The predicted octanol–water partition coefficient (Wildman–Crippen LogP) is 3.71. The Morgan fingerprint density at radius 3 is 2.88 bits per heavy atom. The molecule has 0 aliphatic carbocycles. The maximum Gasteiger partial charge on any atom is 0.127 e. The molecule has 1 aliphatic heterocycles. The summed E-state index contributed by atoms with van der Waals surface area (Å²) < 4.78 is 19.9. The fourth-order valence-electron chi connectivity index (χ4n) is 3.29. The van der Waals surface area contributed by atoms with Crippen LogP contribution in [0.3, 0.4) is 0 Å². The van der Waals surface area contributed by atoms with Crippen molar-refractivity contribution in [3.8, 4) is 16.9 Å². The van der Waals surface area contributed by atoms with Gasteiger partial charge in [0.25, 0.3) is 0 Å². The van der Waals surface area contributed by atoms with Crippen molar-refractivity contribution < 1.29 is 14.2 Å². The van der Waals surface area contributed by atoms with Gasteiger partial charge in [-0.15, -0.1) is 0 Å². The number of hydrogen-bond acceptors (Lipinski definition) is 3. The molecule has 0 aromatic heterocycles. The maximum atomic E-state index is 14.0. The number of rotatable bonds is 5. The Labute approximate surface area is 142 Å². The van der Waals surface area contributed by atoms with E-state index >= 15 is 0 Å². The average Bonchev–Trinajstić information content (AvgIpc) is 2.60. The van der Waals surface area contributed by atoms with Crippen LogP contribution >= 0.6 is 0 Å². The smallest absolute Gasteiger partial charge is 0.127 e. The molecule has 2 aromatic rings. The zero-order chi connectivity index (χ0) is 16.9. The van der Waals surface area contributed by atoms with Crippen molar-refractivity contribution in [3.63, 3.8) is 0 Å². The van der Waals surface area contributed by atoms with Crippen molar-refractivity contribution in [2.24, 2.45) is 5.92 Å². The van der Waals surface area contributed by atoms with Gasteiger partial charge in [0, 0.05) is 18.5 Å². The van der Waals surface area contributed by atoms with Gasteiger partial charge in [0.05, 0.1) is 13.2 Å². The van der Waals surface area contributed by atoms with Crippen LogP contribution in [-0.4, -0.2) is 36.8 Å². The fourth-order valence-corrected chi connectivity index (χ4v) is 3.29. The topological polar surface area (TPSA) is 32.7 Å². The SMILES string of the molecule is CN1CCCC(COc2cc(F)cc(-c3cccc(CO)c3)c2)C1. The minimum atomic E-state index is -0.308. The van der Waals surface area contributed by atoms with Crippen molar-refractivity contribution in [1.29, 1.82) is 0 Å². The van der Waals surface area contributed by atoms with Crippen LogP contribution in [0.2, 0.25) is 0 Å². The quantitative estimate of drug-likeness (QED) is 0.908. The molecule has 1 heterocycles. The van der Waals surface area contributed by atoms with E-state index in [4.69, 9.17) is 4.74 Å². The first-order chi connectivity index (χ1) is 11.6. The number of nitrogens with zero attached hydrogens (tertiary/aromatic N) is 1. The molecule has 128 valence electrons. The van der Waals surface area contributed by atoms with Gasteiger partial charge in [-0.2, -0.15) is 0 Å². The van der Waals surface area contributed by atoms with Crippen molar-refractivity contribution in [2.45, 2.75) is 19.4 Å². The average molecular weight is 329 g/mol. The first kappa shape index (κ1) is 16.9. The van der Waals surface area contributed by atoms with E-state index in [-0.39, 0.29) is 12.4 Å². The molecule has 0 radical (unpaired) electrons. The molecule has 24 heavy (non-hydrogen) atoms. The fraction of sp³-hybridized carbons (Fsp3) is 0.400. The molecule has 1 fully saturated rings. The van der Waals surface area contributed by atoms with E-state index in [0.29, 0.717) is 18.3 Å². The summed E-state index contributed by atoms with van der Waals surface area (Å²) in [6.45, 7) is 2.76. The number of ether oxygens (including phenoxy) is 1. The summed E-state index contributed by atoms with van der Waals surface area (Å²) >= 11 is 0. The van der Waals surface area contributed by atoms with E-state index < -0.39 is 0 Å². The Bertz CT molecular complexity index is 689. The standard InChI is InChI=1S/C20H24FNO2/c1-22-7-3-5-16(12-22)14-24-20-10-18(9-19(21)11-20)17-6-2-4-15(8-17)13-23/h2,4,6,8-11,16,23H,3,5,7,12-14H2,1H3. The summed E-state index contributed by atoms with van der Waals surface area (Å²) in [4.78, 5) is 2.31. The second-order valence-corrected chi connectivity index (χ2v) is 6.62. The molecule has 0 amide bonds. The van der Waals surface area contributed by atoms with E-state index in [1.54, 1.807) is 0 Å². The van der Waals surface area contributed by atoms with E-state index in [1.807, 2.05) is 30.3 Å². The van der Waals surface area contributed by atoms with Crippen LogP contribution in [0.25, 0.3) is 11.1 Å². The van der Waals surface area contributed by atoms with Crippen molar-refractivity contribution in [2.75, 3.05) is 26.7 Å². The van der Waals surface area contributed by atoms with Crippen LogP contribution in [0.1, 0.15) is 18.4 Å². The van der Waals surface area contributed by atoms with E-state index in [2.05, 4.69) is 11.9 Å². The number of halogens is 1. The lowest BCUT2D eigenvalue weighted by atomic mass is 9.99. The minimum absolute atomic E-state index is 0.0261. The number of hydrogen-bond donors (Lipinski definition) is 1. The summed E-state index contributed by atoms with van der Waals surface area (Å²) in [5.74, 6) is 0.749. The van der Waals surface area contributed by atoms with Gasteiger partial charge < -0.3 is 14.7 Å². The van der Waals surface area contributed by atoms with Crippen molar-refractivity contribution in [3.05, 3.63) is 53.8 Å². The predicted molar refractivity (Wildman–Crippen MR) is 93.5 cm³/mol. The number of aliphatic hydroxyl groups excluding tert-OH is 1. The third kappa shape index (κ3) is 4.34. The number of aliphatic hydroxyl groups is 1. The summed E-state index contributed by atoms with van der Waals surface area (Å²) in [6.07, 6.45) is 2.35. The van der Waals surface area contributed by atoms with Crippen LogP contribution in [0.15, 0.2) is 42.5 Å². The Morgan fingerprint density at radius 1 is 1.21 bits per heavy atom. The first-order valence-corrected chi connectivity index (χ1v) is 8.46. The van der Waals surface area contributed by atoms with Gasteiger partial charge in [-0.05, 0) is 61.3 Å². The van der Waals surface area contributed by atoms with Crippen LogP contribution in [0.5, 0.6) is 5.75 Å². The number of likely N-dealkylation sites (tertiary alicyclic amines) is 1. The monoisotopic (exact) mass is 329 g/mol. The molecule has 0 bridgehead atoms. The van der Waals surface area contributed by atoms with Crippen LogP contribution in [0.4, 0.5) is 4.39 Å². The minimum Gasteiger partial charge on any atom is -0.493 e. The third-order valence-electron chi connectivity index (χ3n) is 4.52. The third-order valence-corrected chi connectivity index (χ3v) is 4.52. The number of piperidine rings is 1. The maximum absolute atomic E-state index is 14.0. The zero-order valence-corrected chi connectivity index (χ0v) is 14.0. The van der Waals surface area contributed by atoms with Crippen molar-refractivity contribution >= 4 is 0 Å². The Balaban J connectivity index is 1.73. The highest BCUT2D eigenvalue weighted by molar-refractivity contribution is 5.66. The Hall–Kier alpha value is -1.91. The van der Waals surface area contributed by atoms with Crippen LogP contribution < -0.4 is 4.74 Å². The molecule has 1 aliphatic rings. The largest absolute Gasteiger partial charge is 0.493 e. The molecular weight excluding hydrogens is 305 g/mol. The molecule has 1 atom stereocenters. The first-order valence-electron chi connectivity index (χ1n) is 8.46. The highest BCUT2D eigenvalue weighted by atomic mass is 19.1. The van der Waals surface area contributed by atoms with Gasteiger partial charge in [-0.25, -0.2) is 4.39 Å². The molecule has 1 unspecified atom stereocenters. The second-order valence-electron chi connectivity index (χ2n) is 6.62. The lowest BCUT2D eigenvalue weighted by molar-refractivity contribution is 0.150. The highest BCUT2D eigenvalue weighted by Crippen LogP contribution is 2.27. The molecule has 2 aromatic carbocycles. The molecule has 3 nitrogen and oxygen atoms in total. The van der Waals surface area contributed by atoms with Gasteiger partial charge in [0.1, 0.15) is 11.6 Å². The van der Waals surface area contributed by atoms with Gasteiger partial charge in [0.2, 0.25) is 0 Å². The van der Waals surface area contributed by atoms with Crippen LogP contribution in [0, 0.1) is 11.7 Å². The molecule has 0 spiro atoms. The van der Waals surface area contributed by atoms with Gasteiger partial charge >= 0.3 is 0 Å². The second kappa shape index (κ2) is 7.77. The van der Waals surface area contributed by atoms with Crippen LogP contribution in [-0.2, 0) is 6.61 Å². The van der Waals surface area contributed by atoms with Crippen molar-refractivity contribution in [1.82, 2.24) is 4.90 Å². The summed E-state index contributed by atoms with van der Waals surface area (Å²) in [7, 11) is 2.13. The molecule has 4 heteroatoms. The molecule has 0 saturated carbocycles. The van der Waals surface area contributed by atoms with Gasteiger partial charge in [-0.1, -0.05) is 18.2 Å². The number of benzene rings is 2.